The molecule has 4 nitrogen and oxygen atoms in total. The summed E-state index contributed by atoms with van der Waals surface area (Å²) < 4.78 is 0.788. The van der Waals surface area contributed by atoms with Gasteiger partial charge in [0.25, 0.3) is 0 Å². The molecule has 1 N–H and O–H groups in total. The number of carboxylic acid groups (broad SMARTS) is 1. The van der Waals surface area contributed by atoms with E-state index in [0.717, 1.165) is 23.0 Å². The second-order valence-corrected chi connectivity index (χ2v) is 4.83. The molecule has 1 saturated carbocycles. The molecule has 1 aliphatic rings. The first-order valence-electron chi connectivity index (χ1n) is 5.21. The van der Waals surface area contributed by atoms with Crippen LogP contribution in [-0.2, 0) is 11.3 Å². The number of rotatable bonds is 5. The van der Waals surface area contributed by atoms with Gasteiger partial charge < -0.3 is 5.11 Å². The molecule has 86 valence electrons. The molecule has 0 aromatic carbocycles. The van der Waals surface area contributed by atoms with Gasteiger partial charge in [-0.3, -0.25) is 9.69 Å². The number of aromatic nitrogens is 1. The summed E-state index contributed by atoms with van der Waals surface area (Å²) in [6.07, 6.45) is 3.95. The third kappa shape index (κ3) is 3.28. The summed E-state index contributed by atoms with van der Waals surface area (Å²) >= 11 is 3.31. The predicted octanol–water partition coefficient (Wildman–Crippen LogP) is 1.89. The maximum atomic E-state index is 10.7. The summed E-state index contributed by atoms with van der Waals surface area (Å²) in [6, 6.07) is 4.29. The van der Waals surface area contributed by atoms with Crippen molar-refractivity contribution >= 4 is 21.9 Å². The maximum Gasteiger partial charge on any atom is 0.317 e. The van der Waals surface area contributed by atoms with Crippen molar-refractivity contribution in [2.75, 3.05) is 6.54 Å². The van der Waals surface area contributed by atoms with Crippen molar-refractivity contribution in [3.63, 3.8) is 0 Å². The highest BCUT2D eigenvalue weighted by molar-refractivity contribution is 9.10. The molecule has 0 amide bonds. The first-order chi connectivity index (χ1) is 7.65. The Hall–Kier alpha value is -0.940. The van der Waals surface area contributed by atoms with Gasteiger partial charge in [0.15, 0.2) is 0 Å². The number of nitrogens with zero attached hydrogens (tertiary/aromatic N) is 2. The zero-order valence-electron chi connectivity index (χ0n) is 8.77. The predicted molar refractivity (Wildman–Crippen MR) is 63.0 cm³/mol. The van der Waals surface area contributed by atoms with Gasteiger partial charge in [-0.15, -0.1) is 0 Å². The zero-order chi connectivity index (χ0) is 11.5. The van der Waals surface area contributed by atoms with E-state index in [0.29, 0.717) is 12.6 Å². The third-order valence-corrected chi connectivity index (χ3v) is 3.01. The summed E-state index contributed by atoms with van der Waals surface area (Å²) in [5.74, 6) is -0.764. The molecule has 0 bridgehead atoms. The Labute approximate surface area is 102 Å². The smallest absolute Gasteiger partial charge is 0.317 e. The van der Waals surface area contributed by atoms with Crippen molar-refractivity contribution in [2.24, 2.45) is 0 Å². The van der Waals surface area contributed by atoms with Gasteiger partial charge in [0.1, 0.15) is 4.60 Å². The molecule has 2 rings (SSSR count). The number of halogens is 1. The Balaban J connectivity index is 2.02. The van der Waals surface area contributed by atoms with E-state index in [9.17, 15) is 4.79 Å². The Bertz CT molecular complexity index is 393. The van der Waals surface area contributed by atoms with E-state index in [-0.39, 0.29) is 6.54 Å². The Kier molecular flexibility index (Phi) is 3.56. The topological polar surface area (TPSA) is 53.4 Å². The van der Waals surface area contributed by atoms with Gasteiger partial charge >= 0.3 is 5.97 Å². The van der Waals surface area contributed by atoms with Crippen LogP contribution in [0.4, 0.5) is 0 Å². The third-order valence-electron chi connectivity index (χ3n) is 2.58. The van der Waals surface area contributed by atoms with Crippen LogP contribution in [0.25, 0.3) is 0 Å². The SMILES string of the molecule is O=C(O)CN(Cc1ccnc(Br)c1)C1CC1. The lowest BCUT2D eigenvalue weighted by Gasteiger charge is -2.19. The molecule has 1 aliphatic carbocycles. The lowest BCUT2D eigenvalue weighted by atomic mass is 10.2. The van der Waals surface area contributed by atoms with E-state index in [1.807, 2.05) is 17.0 Å². The molecule has 0 atom stereocenters. The van der Waals surface area contributed by atoms with Gasteiger partial charge in [-0.2, -0.15) is 0 Å². The molecule has 0 spiro atoms. The van der Waals surface area contributed by atoms with Crippen molar-refractivity contribution in [2.45, 2.75) is 25.4 Å². The minimum atomic E-state index is -0.764. The van der Waals surface area contributed by atoms with Crippen LogP contribution in [0.15, 0.2) is 22.9 Å². The minimum Gasteiger partial charge on any atom is -0.480 e. The number of aliphatic carboxylic acids is 1. The molecule has 0 aliphatic heterocycles. The standard InChI is InChI=1S/C11H13BrN2O2/c12-10-5-8(3-4-13-10)6-14(7-11(15)16)9-1-2-9/h3-5,9H,1-2,6-7H2,(H,15,16). The van der Waals surface area contributed by atoms with Crippen LogP contribution in [0, 0.1) is 0 Å². The van der Waals surface area contributed by atoms with E-state index in [1.165, 1.54) is 0 Å². The average Bonchev–Trinajstić information content (AvgIpc) is 2.99. The Morgan fingerprint density at radius 1 is 1.62 bits per heavy atom. The van der Waals surface area contributed by atoms with Crippen LogP contribution in [0.5, 0.6) is 0 Å². The Morgan fingerprint density at radius 3 is 2.94 bits per heavy atom. The molecule has 0 saturated heterocycles. The highest BCUT2D eigenvalue weighted by Crippen LogP contribution is 2.28. The quantitative estimate of drug-likeness (QED) is 0.839. The van der Waals surface area contributed by atoms with E-state index in [1.54, 1.807) is 6.20 Å². The number of pyridine rings is 1. The van der Waals surface area contributed by atoms with Crippen LogP contribution < -0.4 is 0 Å². The molecule has 5 heteroatoms. The summed E-state index contributed by atoms with van der Waals surface area (Å²) in [4.78, 5) is 16.8. The largest absolute Gasteiger partial charge is 0.480 e. The second kappa shape index (κ2) is 4.93. The molecule has 0 radical (unpaired) electrons. The Morgan fingerprint density at radius 2 is 2.38 bits per heavy atom. The average molecular weight is 285 g/mol. The normalized spacial score (nSPS) is 15.4. The number of carbonyl (C=O) groups is 1. The number of hydrogen-bond acceptors (Lipinski definition) is 3. The van der Waals surface area contributed by atoms with Crippen LogP contribution in [0.3, 0.4) is 0 Å². The fraction of sp³-hybridized carbons (Fsp3) is 0.455. The van der Waals surface area contributed by atoms with Gasteiger partial charge in [0, 0.05) is 18.8 Å². The molecule has 1 heterocycles. The van der Waals surface area contributed by atoms with Gasteiger partial charge in [-0.05, 0) is 46.5 Å². The molecule has 16 heavy (non-hydrogen) atoms. The lowest BCUT2D eigenvalue weighted by Crippen LogP contribution is -2.31. The van der Waals surface area contributed by atoms with Crippen LogP contribution in [0.1, 0.15) is 18.4 Å². The first-order valence-corrected chi connectivity index (χ1v) is 6.01. The maximum absolute atomic E-state index is 10.7. The van der Waals surface area contributed by atoms with Crippen LogP contribution >= 0.6 is 15.9 Å². The highest BCUT2D eigenvalue weighted by Gasteiger charge is 2.30. The van der Waals surface area contributed by atoms with E-state index < -0.39 is 5.97 Å². The van der Waals surface area contributed by atoms with E-state index in [2.05, 4.69) is 20.9 Å². The van der Waals surface area contributed by atoms with Crippen molar-refractivity contribution in [3.8, 4) is 0 Å². The molecular formula is C11H13BrN2O2. The van der Waals surface area contributed by atoms with Crippen molar-refractivity contribution in [1.29, 1.82) is 0 Å². The fourth-order valence-corrected chi connectivity index (χ4v) is 2.12. The number of hydrogen-bond donors (Lipinski definition) is 1. The van der Waals surface area contributed by atoms with Gasteiger partial charge in [0.05, 0.1) is 6.54 Å². The van der Waals surface area contributed by atoms with Gasteiger partial charge in [-0.25, -0.2) is 4.98 Å². The second-order valence-electron chi connectivity index (χ2n) is 4.02. The monoisotopic (exact) mass is 284 g/mol. The van der Waals surface area contributed by atoms with Gasteiger partial charge in [-0.1, -0.05) is 0 Å². The van der Waals surface area contributed by atoms with E-state index in [4.69, 9.17) is 5.11 Å². The van der Waals surface area contributed by atoms with Crippen molar-refractivity contribution < 1.29 is 9.90 Å². The van der Waals surface area contributed by atoms with Gasteiger partial charge in [0.2, 0.25) is 0 Å². The van der Waals surface area contributed by atoms with Crippen molar-refractivity contribution in [3.05, 3.63) is 28.5 Å². The summed E-state index contributed by atoms with van der Waals surface area (Å²) in [7, 11) is 0. The minimum absolute atomic E-state index is 0.116. The van der Waals surface area contributed by atoms with Crippen LogP contribution in [0.2, 0.25) is 0 Å². The van der Waals surface area contributed by atoms with E-state index >= 15 is 0 Å². The summed E-state index contributed by atoms with van der Waals surface area (Å²) in [6.45, 7) is 0.794. The number of carboxylic acids is 1. The highest BCUT2D eigenvalue weighted by atomic mass is 79.9. The lowest BCUT2D eigenvalue weighted by molar-refractivity contribution is -0.138. The molecular weight excluding hydrogens is 272 g/mol. The molecule has 0 unspecified atom stereocenters. The molecule has 1 aromatic heterocycles. The fourth-order valence-electron chi connectivity index (χ4n) is 1.70. The molecule has 1 fully saturated rings. The summed E-state index contributed by atoms with van der Waals surface area (Å²) in [5.41, 5.74) is 1.09. The summed E-state index contributed by atoms with van der Waals surface area (Å²) in [5, 5.41) is 8.83. The zero-order valence-corrected chi connectivity index (χ0v) is 10.4. The van der Waals surface area contributed by atoms with Crippen LogP contribution in [-0.4, -0.2) is 33.5 Å². The first kappa shape index (κ1) is 11.5. The van der Waals surface area contributed by atoms with Crippen molar-refractivity contribution in [1.82, 2.24) is 9.88 Å². The molecule has 1 aromatic rings.